The summed E-state index contributed by atoms with van der Waals surface area (Å²) in [6, 6.07) is 17.4. The second-order valence-corrected chi connectivity index (χ2v) is 5.85. The molecule has 0 saturated heterocycles. The van der Waals surface area contributed by atoms with Crippen LogP contribution in [0.4, 0.5) is 5.69 Å². The van der Waals surface area contributed by atoms with E-state index < -0.39 is 0 Å². The zero-order chi connectivity index (χ0) is 14.5. The molecule has 1 unspecified atom stereocenters. The maximum absolute atomic E-state index is 6.00. The third-order valence-corrected chi connectivity index (χ3v) is 4.34. The van der Waals surface area contributed by atoms with Crippen molar-refractivity contribution in [3.05, 3.63) is 59.7 Å². The predicted molar refractivity (Wildman–Crippen MR) is 89.6 cm³/mol. The summed E-state index contributed by atoms with van der Waals surface area (Å²) in [7, 11) is 2.11. The average Bonchev–Trinajstić information content (AvgIpc) is 2.48. The van der Waals surface area contributed by atoms with Gasteiger partial charge in [0.1, 0.15) is 0 Å². The summed E-state index contributed by atoms with van der Waals surface area (Å²) >= 11 is 1.76. The molecule has 0 bridgehead atoms. The van der Waals surface area contributed by atoms with Crippen molar-refractivity contribution in [1.29, 1.82) is 0 Å². The molecule has 0 aromatic heterocycles. The van der Waals surface area contributed by atoms with Crippen molar-refractivity contribution >= 4 is 17.4 Å². The number of benzene rings is 2. The quantitative estimate of drug-likeness (QED) is 0.846. The van der Waals surface area contributed by atoms with Crippen LogP contribution in [0.5, 0.6) is 0 Å². The maximum atomic E-state index is 6.00. The smallest absolute Gasteiger partial charge is 0.0661 e. The first-order valence-electron chi connectivity index (χ1n) is 6.79. The van der Waals surface area contributed by atoms with Gasteiger partial charge in [-0.05, 0) is 48.6 Å². The number of rotatable bonds is 5. The lowest BCUT2D eigenvalue weighted by molar-refractivity contribution is 0.680. The van der Waals surface area contributed by atoms with Crippen molar-refractivity contribution in [1.82, 2.24) is 0 Å². The molecule has 0 spiro atoms. The molecule has 2 rings (SSSR count). The minimum atomic E-state index is 0.202. The third kappa shape index (κ3) is 3.35. The van der Waals surface area contributed by atoms with Crippen LogP contribution in [0.3, 0.4) is 0 Å². The van der Waals surface area contributed by atoms with E-state index in [0.29, 0.717) is 6.54 Å². The number of nitrogens with two attached hydrogens (primary N) is 1. The van der Waals surface area contributed by atoms with Crippen LogP contribution >= 0.6 is 11.8 Å². The van der Waals surface area contributed by atoms with Crippen molar-refractivity contribution in [2.24, 2.45) is 5.73 Å². The van der Waals surface area contributed by atoms with Gasteiger partial charge in [-0.25, -0.2) is 0 Å². The first kappa shape index (κ1) is 14.9. The first-order chi connectivity index (χ1) is 9.65. The molecule has 106 valence electrons. The molecular formula is C17H22N2S. The van der Waals surface area contributed by atoms with E-state index in [1.165, 1.54) is 21.7 Å². The number of aryl methyl sites for hydroxylation is 1. The minimum absolute atomic E-state index is 0.202. The Bertz CT molecular complexity index is 551. The Labute approximate surface area is 126 Å². The molecule has 0 saturated carbocycles. The highest BCUT2D eigenvalue weighted by Gasteiger charge is 2.16. The Morgan fingerprint density at radius 1 is 1.15 bits per heavy atom. The van der Waals surface area contributed by atoms with Gasteiger partial charge in [0.2, 0.25) is 0 Å². The summed E-state index contributed by atoms with van der Waals surface area (Å²) in [5.41, 5.74) is 9.73. The number of nitrogens with zero attached hydrogens (tertiary/aromatic N) is 1. The van der Waals surface area contributed by atoms with E-state index in [4.69, 9.17) is 5.73 Å². The monoisotopic (exact) mass is 286 g/mol. The molecule has 0 aliphatic rings. The molecule has 2 nitrogen and oxygen atoms in total. The van der Waals surface area contributed by atoms with Crippen LogP contribution < -0.4 is 10.6 Å². The van der Waals surface area contributed by atoms with E-state index >= 15 is 0 Å². The van der Waals surface area contributed by atoms with Gasteiger partial charge < -0.3 is 10.6 Å². The summed E-state index contributed by atoms with van der Waals surface area (Å²) in [5.74, 6) is 0. The zero-order valence-electron chi connectivity index (χ0n) is 12.3. The fourth-order valence-corrected chi connectivity index (χ4v) is 2.78. The second-order valence-electron chi connectivity index (χ2n) is 4.97. The number of thioether (sulfide) groups is 1. The van der Waals surface area contributed by atoms with Gasteiger partial charge in [-0.2, -0.15) is 0 Å². The Morgan fingerprint density at radius 2 is 1.85 bits per heavy atom. The average molecular weight is 286 g/mol. The normalized spacial score (nSPS) is 12.2. The van der Waals surface area contributed by atoms with Gasteiger partial charge in [0, 0.05) is 24.2 Å². The number of hydrogen-bond donors (Lipinski definition) is 1. The van der Waals surface area contributed by atoms with Crippen LogP contribution in [0.25, 0.3) is 0 Å². The van der Waals surface area contributed by atoms with E-state index in [9.17, 15) is 0 Å². The summed E-state index contributed by atoms with van der Waals surface area (Å²) in [6.45, 7) is 2.71. The van der Waals surface area contributed by atoms with E-state index in [1.54, 1.807) is 11.8 Å². The first-order valence-corrected chi connectivity index (χ1v) is 8.01. The van der Waals surface area contributed by atoms with Gasteiger partial charge >= 0.3 is 0 Å². The van der Waals surface area contributed by atoms with Gasteiger partial charge in [0.25, 0.3) is 0 Å². The molecule has 0 aliphatic heterocycles. The molecule has 2 aromatic carbocycles. The lowest BCUT2D eigenvalue weighted by Crippen LogP contribution is -2.30. The highest BCUT2D eigenvalue weighted by atomic mass is 32.2. The fourth-order valence-electron chi connectivity index (χ4n) is 2.37. The number of hydrogen-bond acceptors (Lipinski definition) is 3. The third-order valence-electron chi connectivity index (χ3n) is 3.60. The van der Waals surface area contributed by atoms with Gasteiger partial charge in [-0.15, -0.1) is 11.8 Å². The second kappa shape index (κ2) is 6.82. The van der Waals surface area contributed by atoms with Crippen LogP contribution in [-0.2, 0) is 0 Å². The standard InChI is InChI=1S/C17H22N2S/c1-13-5-4-6-15(11-13)19(2)17(12-18)14-7-9-16(20-3)10-8-14/h4-11,17H,12,18H2,1-3H3. The maximum Gasteiger partial charge on any atom is 0.0661 e. The van der Waals surface area contributed by atoms with Crippen molar-refractivity contribution < 1.29 is 0 Å². The molecule has 0 amide bonds. The van der Waals surface area contributed by atoms with Crippen LogP contribution in [0, 0.1) is 6.92 Å². The number of anilines is 1. The molecular weight excluding hydrogens is 264 g/mol. The van der Waals surface area contributed by atoms with E-state index in [0.717, 1.165) is 0 Å². The Hall–Kier alpha value is -1.45. The van der Waals surface area contributed by atoms with E-state index in [2.05, 4.69) is 73.7 Å². The van der Waals surface area contributed by atoms with Crippen LogP contribution in [0.1, 0.15) is 17.2 Å². The van der Waals surface area contributed by atoms with Crippen LogP contribution in [-0.4, -0.2) is 19.8 Å². The molecule has 0 radical (unpaired) electrons. The molecule has 2 N–H and O–H groups in total. The summed E-state index contributed by atoms with van der Waals surface area (Å²) < 4.78 is 0. The molecule has 0 fully saturated rings. The van der Waals surface area contributed by atoms with Crippen molar-refractivity contribution in [2.75, 3.05) is 24.7 Å². The minimum Gasteiger partial charge on any atom is -0.366 e. The Balaban J connectivity index is 2.26. The zero-order valence-corrected chi connectivity index (χ0v) is 13.2. The van der Waals surface area contributed by atoms with Gasteiger partial charge in [-0.3, -0.25) is 0 Å². The summed E-state index contributed by atoms with van der Waals surface area (Å²) in [5, 5.41) is 0. The summed E-state index contributed by atoms with van der Waals surface area (Å²) in [6.07, 6.45) is 2.09. The molecule has 3 heteroatoms. The Kier molecular flexibility index (Phi) is 5.10. The summed E-state index contributed by atoms with van der Waals surface area (Å²) in [4.78, 5) is 3.53. The highest BCUT2D eigenvalue weighted by molar-refractivity contribution is 7.98. The van der Waals surface area contributed by atoms with Crippen molar-refractivity contribution in [2.45, 2.75) is 17.9 Å². The molecule has 0 heterocycles. The number of likely N-dealkylation sites (N-methyl/N-ethyl adjacent to an activating group) is 1. The lowest BCUT2D eigenvalue weighted by Gasteiger charge is -2.30. The van der Waals surface area contributed by atoms with E-state index in [-0.39, 0.29) is 6.04 Å². The van der Waals surface area contributed by atoms with Crippen LogP contribution in [0.15, 0.2) is 53.4 Å². The van der Waals surface area contributed by atoms with E-state index in [1.807, 2.05) is 0 Å². The predicted octanol–water partition coefficient (Wildman–Crippen LogP) is 3.85. The highest BCUT2D eigenvalue weighted by Crippen LogP contribution is 2.27. The van der Waals surface area contributed by atoms with Gasteiger partial charge in [0.05, 0.1) is 6.04 Å². The fraction of sp³-hybridized carbons (Fsp3) is 0.294. The SMILES string of the molecule is CSc1ccc(C(CN)N(C)c2cccc(C)c2)cc1. The molecule has 2 aromatic rings. The topological polar surface area (TPSA) is 29.3 Å². The van der Waals surface area contributed by atoms with Gasteiger partial charge in [-0.1, -0.05) is 24.3 Å². The van der Waals surface area contributed by atoms with Crippen molar-refractivity contribution in [3.8, 4) is 0 Å². The van der Waals surface area contributed by atoms with Crippen molar-refractivity contribution in [3.63, 3.8) is 0 Å². The molecule has 20 heavy (non-hydrogen) atoms. The largest absolute Gasteiger partial charge is 0.366 e. The van der Waals surface area contributed by atoms with Gasteiger partial charge in [0.15, 0.2) is 0 Å². The molecule has 0 aliphatic carbocycles. The lowest BCUT2D eigenvalue weighted by atomic mass is 10.0. The molecule has 1 atom stereocenters. The van der Waals surface area contributed by atoms with Crippen LogP contribution in [0.2, 0.25) is 0 Å². The Morgan fingerprint density at radius 3 is 2.40 bits per heavy atom.